The molecule has 7 heteroatoms. The highest BCUT2D eigenvalue weighted by Crippen LogP contribution is 2.53. The van der Waals surface area contributed by atoms with Gasteiger partial charge in [-0.15, -0.1) is 0 Å². The summed E-state index contributed by atoms with van der Waals surface area (Å²) in [5.74, 6) is -0.578. The molecular weight excluding hydrogens is 348 g/mol. The Labute approximate surface area is 155 Å². The fourth-order valence-electron chi connectivity index (χ4n) is 4.07. The van der Waals surface area contributed by atoms with Crippen molar-refractivity contribution in [2.45, 2.75) is 18.4 Å². The minimum absolute atomic E-state index is 0.00297. The first-order valence-electron chi connectivity index (χ1n) is 8.60. The predicted octanol–water partition coefficient (Wildman–Crippen LogP) is 2.79. The van der Waals surface area contributed by atoms with Crippen LogP contribution in [0.2, 0.25) is 0 Å². The molecule has 0 saturated carbocycles. The summed E-state index contributed by atoms with van der Waals surface area (Å²) >= 11 is 0. The molecule has 1 N–H and O–H groups in total. The minimum atomic E-state index is -1.21. The number of nitrogens with zero attached hydrogens (tertiary/aromatic N) is 1. The summed E-state index contributed by atoms with van der Waals surface area (Å²) < 4.78 is 5.41. The third kappa shape index (κ3) is 2.81. The summed E-state index contributed by atoms with van der Waals surface area (Å²) in [5, 5.41) is 25.7. The number of carbonyl (C=O) groups excluding carboxylic acids is 1. The second-order valence-corrected chi connectivity index (χ2v) is 6.75. The zero-order valence-corrected chi connectivity index (χ0v) is 14.5. The van der Waals surface area contributed by atoms with E-state index in [1.54, 1.807) is 18.2 Å². The van der Waals surface area contributed by atoms with Crippen molar-refractivity contribution < 1.29 is 19.6 Å². The quantitative estimate of drug-likeness (QED) is 0.507. The summed E-state index contributed by atoms with van der Waals surface area (Å²) in [7, 11) is 1.49. The topological polar surface area (TPSA) is 105 Å². The molecule has 7 nitrogen and oxygen atoms in total. The van der Waals surface area contributed by atoms with Gasteiger partial charge in [0.1, 0.15) is 5.75 Å². The molecule has 0 radical (unpaired) electrons. The van der Waals surface area contributed by atoms with Crippen molar-refractivity contribution in [3.8, 4) is 5.75 Å². The minimum Gasteiger partial charge on any atom is -0.545 e. The molecule has 0 saturated heterocycles. The SMILES string of the molecule is COc1cc([N+](=O)[O-])cc2c1N[C@@H](c1ccc(C(=O)[O-])cc1)[C@H]1CC=C[C@@H]21. The molecule has 0 spiro atoms. The number of hydrogen-bond acceptors (Lipinski definition) is 6. The molecule has 138 valence electrons. The van der Waals surface area contributed by atoms with E-state index < -0.39 is 10.9 Å². The number of carboxylic acids is 1. The van der Waals surface area contributed by atoms with E-state index in [9.17, 15) is 20.0 Å². The molecule has 0 aromatic heterocycles. The Morgan fingerprint density at radius 2 is 2.00 bits per heavy atom. The van der Waals surface area contributed by atoms with Crippen LogP contribution >= 0.6 is 0 Å². The lowest BCUT2D eigenvalue weighted by molar-refractivity contribution is -0.385. The van der Waals surface area contributed by atoms with Crippen molar-refractivity contribution in [2.75, 3.05) is 12.4 Å². The molecule has 1 aliphatic heterocycles. The van der Waals surface area contributed by atoms with Crippen LogP contribution in [0.15, 0.2) is 48.6 Å². The van der Waals surface area contributed by atoms with Gasteiger partial charge in [0.15, 0.2) is 0 Å². The van der Waals surface area contributed by atoms with Crippen molar-refractivity contribution in [2.24, 2.45) is 5.92 Å². The number of nitro benzene ring substituents is 1. The van der Waals surface area contributed by atoms with Crippen molar-refractivity contribution in [1.29, 1.82) is 0 Å². The summed E-state index contributed by atoms with van der Waals surface area (Å²) in [6.07, 6.45) is 4.99. The molecule has 4 rings (SSSR count). The van der Waals surface area contributed by atoms with Gasteiger partial charge in [-0.05, 0) is 29.0 Å². The third-order valence-corrected chi connectivity index (χ3v) is 5.35. The van der Waals surface area contributed by atoms with E-state index in [1.165, 1.54) is 25.3 Å². The predicted molar refractivity (Wildman–Crippen MR) is 96.8 cm³/mol. The van der Waals surface area contributed by atoms with Gasteiger partial charge in [-0.2, -0.15) is 0 Å². The van der Waals surface area contributed by atoms with Gasteiger partial charge in [-0.25, -0.2) is 0 Å². The Morgan fingerprint density at radius 3 is 2.63 bits per heavy atom. The molecule has 2 aromatic carbocycles. The smallest absolute Gasteiger partial charge is 0.273 e. The Balaban J connectivity index is 1.79. The van der Waals surface area contributed by atoms with E-state index in [2.05, 4.69) is 17.5 Å². The van der Waals surface area contributed by atoms with Gasteiger partial charge in [0.25, 0.3) is 5.69 Å². The first-order valence-corrected chi connectivity index (χ1v) is 8.60. The van der Waals surface area contributed by atoms with Gasteiger partial charge in [-0.3, -0.25) is 10.1 Å². The number of nitrogens with one attached hydrogen (secondary N) is 1. The van der Waals surface area contributed by atoms with Crippen molar-refractivity contribution >= 4 is 17.3 Å². The maximum Gasteiger partial charge on any atom is 0.273 e. The lowest BCUT2D eigenvalue weighted by atomic mass is 9.76. The molecule has 0 amide bonds. The first-order chi connectivity index (χ1) is 13.0. The Hall–Kier alpha value is -3.35. The molecule has 1 heterocycles. The maximum absolute atomic E-state index is 11.3. The van der Waals surface area contributed by atoms with Gasteiger partial charge in [0, 0.05) is 12.0 Å². The zero-order valence-electron chi connectivity index (χ0n) is 14.5. The van der Waals surface area contributed by atoms with Gasteiger partial charge in [0.2, 0.25) is 0 Å². The number of nitro groups is 1. The highest BCUT2D eigenvalue weighted by atomic mass is 16.6. The molecule has 2 aliphatic rings. The zero-order chi connectivity index (χ0) is 19.1. The molecule has 2 aromatic rings. The number of aromatic carboxylic acids is 1. The number of allylic oxidation sites excluding steroid dienone is 2. The summed E-state index contributed by atoms with van der Waals surface area (Å²) in [4.78, 5) is 21.9. The van der Waals surface area contributed by atoms with Crippen LogP contribution in [0.25, 0.3) is 0 Å². The van der Waals surface area contributed by atoms with E-state index in [0.29, 0.717) is 5.75 Å². The van der Waals surface area contributed by atoms with Crippen LogP contribution in [0, 0.1) is 16.0 Å². The Morgan fingerprint density at radius 1 is 1.26 bits per heavy atom. The van der Waals surface area contributed by atoms with Crippen LogP contribution in [0.4, 0.5) is 11.4 Å². The largest absolute Gasteiger partial charge is 0.545 e. The Kier molecular flexibility index (Phi) is 4.07. The number of hydrogen-bond donors (Lipinski definition) is 1. The van der Waals surface area contributed by atoms with Gasteiger partial charge >= 0.3 is 0 Å². The van der Waals surface area contributed by atoms with Gasteiger partial charge < -0.3 is 20.0 Å². The maximum atomic E-state index is 11.3. The van der Waals surface area contributed by atoms with Crippen molar-refractivity contribution in [3.63, 3.8) is 0 Å². The lowest BCUT2D eigenvalue weighted by Crippen LogP contribution is -2.29. The fraction of sp³-hybridized carbons (Fsp3) is 0.250. The second kappa shape index (κ2) is 6.42. The van der Waals surface area contributed by atoms with Crippen LogP contribution in [0.3, 0.4) is 0 Å². The standard InChI is InChI=1S/C20H18N2O5/c1-27-17-10-13(22(25)26)9-16-14-3-2-4-15(14)18(21-19(16)17)11-5-7-12(8-6-11)20(23)24/h2-3,5-10,14-15,18,21H,4H2,1H3,(H,23,24)/p-1/t14-,15+,18+/m1/s1. The van der Waals surface area contributed by atoms with Crippen molar-refractivity contribution in [1.82, 2.24) is 0 Å². The Bertz CT molecular complexity index is 952. The molecule has 0 fully saturated rings. The number of ether oxygens (including phenoxy) is 1. The van der Waals surface area contributed by atoms with E-state index in [-0.39, 0.29) is 29.1 Å². The first kappa shape index (κ1) is 17.1. The number of carbonyl (C=O) groups is 1. The summed E-state index contributed by atoms with van der Waals surface area (Å²) in [6.45, 7) is 0. The van der Waals surface area contributed by atoms with Crippen LogP contribution in [-0.2, 0) is 0 Å². The molecule has 0 unspecified atom stereocenters. The van der Waals surface area contributed by atoms with Crippen LogP contribution in [0.1, 0.15) is 39.9 Å². The summed E-state index contributed by atoms with van der Waals surface area (Å²) in [6, 6.07) is 9.58. The highest BCUT2D eigenvalue weighted by Gasteiger charge is 2.40. The van der Waals surface area contributed by atoms with E-state index in [1.807, 2.05) is 0 Å². The third-order valence-electron chi connectivity index (χ3n) is 5.35. The molecular formula is C20H17N2O5-. The molecule has 1 aliphatic carbocycles. The normalized spacial score (nSPS) is 22.5. The molecule has 27 heavy (non-hydrogen) atoms. The van der Waals surface area contributed by atoms with E-state index >= 15 is 0 Å². The fourth-order valence-corrected chi connectivity index (χ4v) is 4.07. The molecule has 3 atom stereocenters. The number of benzene rings is 2. The second-order valence-electron chi connectivity index (χ2n) is 6.75. The van der Waals surface area contributed by atoms with Gasteiger partial charge in [-0.1, -0.05) is 36.4 Å². The van der Waals surface area contributed by atoms with Crippen LogP contribution in [0.5, 0.6) is 5.75 Å². The van der Waals surface area contributed by atoms with E-state index in [0.717, 1.165) is 23.2 Å². The number of non-ortho nitro benzene ring substituents is 1. The lowest BCUT2D eigenvalue weighted by Gasteiger charge is -2.38. The number of carboxylic acid groups (broad SMARTS) is 1. The molecule has 0 bridgehead atoms. The average Bonchev–Trinajstić information content (AvgIpc) is 3.16. The van der Waals surface area contributed by atoms with Crippen molar-refractivity contribution in [3.05, 3.63) is 75.4 Å². The number of fused-ring (bicyclic) bond motifs is 3. The number of methoxy groups -OCH3 is 1. The monoisotopic (exact) mass is 365 g/mol. The van der Waals surface area contributed by atoms with Gasteiger partial charge in [0.05, 0.1) is 35.8 Å². The van der Waals surface area contributed by atoms with Crippen LogP contribution in [-0.4, -0.2) is 18.0 Å². The highest BCUT2D eigenvalue weighted by molar-refractivity contribution is 5.85. The average molecular weight is 365 g/mol. The van der Waals surface area contributed by atoms with E-state index in [4.69, 9.17) is 4.74 Å². The number of rotatable bonds is 4. The number of anilines is 1. The summed E-state index contributed by atoms with van der Waals surface area (Å²) in [5.41, 5.74) is 2.67. The van der Waals surface area contributed by atoms with Crippen LogP contribution < -0.4 is 15.2 Å².